The molecule has 5 nitrogen and oxygen atoms in total. The van der Waals surface area contributed by atoms with Crippen LogP contribution in [0.1, 0.15) is 6.42 Å². The Morgan fingerprint density at radius 2 is 2.57 bits per heavy atom. The third-order valence-corrected chi connectivity index (χ3v) is 2.32. The normalized spacial score (nSPS) is 21.0. The minimum absolute atomic E-state index is 0.573. The van der Waals surface area contributed by atoms with Crippen molar-refractivity contribution >= 4 is 11.5 Å². The molecule has 5 heteroatoms. The molecule has 1 aliphatic rings. The van der Waals surface area contributed by atoms with Crippen LogP contribution in [0, 0.1) is 5.92 Å². The van der Waals surface area contributed by atoms with Crippen LogP contribution in [-0.4, -0.2) is 29.7 Å². The Kier molecular flexibility index (Phi) is 2.78. The molecule has 0 spiro atoms. The Bertz CT molecular complexity index is 299. The lowest BCUT2D eigenvalue weighted by Crippen LogP contribution is -2.15. The monoisotopic (exact) mass is 194 g/mol. The highest BCUT2D eigenvalue weighted by Gasteiger charge is 2.15. The van der Waals surface area contributed by atoms with Crippen molar-refractivity contribution in [3.63, 3.8) is 0 Å². The van der Waals surface area contributed by atoms with Crippen molar-refractivity contribution in [3.05, 3.63) is 12.5 Å². The summed E-state index contributed by atoms with van der Waals surface area (Å²) in [7, 11) is 0. The minimum atomic E-state index is 0.573. The molecule has 0 aromatic carbocycles. The van der Waals surface area contributed by atoms with E-state index in [1.165, 1.54) is 6.33 Å². The van der Waals surface area contributed by atoms with E-state index in [0.717, 1.165) is 26.2 Å². The Balaban J connectivity index is 1.88. The second-order valence-corrected chi connectivity index (χ2v) is 3.44. The SMILES string of the molecule is Nc1cncnc1NCC1CCOC1. The highest BCUT2D eigenvalue weighted by atomic mass is 16.5. The maximum Gasteiger partial charge on any atom is 0.152 e. The number of hydrogen-bond acceptors (Lipinski definition) is 5. The number of nitrogen functional groups attached to an aromatic ring is 1. The molecule has 0 bridgehead atoms. The molecule has 76 valence electrons. The van der Waals surface area contributed by atoms with Gasteiger partial charge in [0.2, 0.25) is 0 Å². The fourth-order valence-electron chi connectivity index (χ4n) is 1.47. The van der Waals surface area contributed by atoms with E-state index in [9.17, 15) is 0 Å². The number of aromatic nitrogens is 2. The molecule has 2 rings (SSSR count). The summed E-state index contributed by atoms with van der Waals surface area (Å²) >= 11 is 0. The lowest BCUT2D eigenvalue weighted by atomic mass is 10.1. The van der Waals surface area contributed by atoms with E-state index in [4.69, 9.17) is 10.5 Å². The van der Waals surface area contributed by atoms with Gasteiger partial charge in [0.15, 0.2) is 5.82 Å². The average Bonchev–Trinajstić information content (AvgIpc) is 2.69. The Hall–Kier alpha value is -1.36. The number of nitrogens with zero attached hydrogens (tertiary/aromatic N) is 2. The molecule has 1 fully saturated rings. The third kappa shape index (κ3) is 2.11. The fraction of sp³-hybridized carbons (Fsp3) is 0.556. The molecule has 2 heterocycles. The van der Waals surface area contributed by atoms with Gasteiger partial charge < -0.3 is 15.8 Å². The summed E-state index contributed by atoms with van der Waals surface area (Å²) in [6, 6.07) is 0. The maximum absolute atomic E-state index is 5.69. The van der Waals surface area contributed by atoms with Gasteiger partial charge in [-0.1, -0.05) is 0 Å². The summed E-state index contributed by atoms with van der Waals surface area (Å²) in [4.78, 5) is 7.88. The molecule has 1 atom stereocenters. The zero-order valence-electron chi connectivity index (χ0n) is 7.94. The molecule has 0 amide bonds. The van der Waals surface area contributed by atoms with Crippen molar-refractivity contribution in [2.45, 2.75) is 6.42 Å². The van der Waals surface area contributed by atoms with E-state index in [-0.39, 0.29) is 0 Å². The Labute approximate surface area is 82.7 Å². The number of ether oxygens (including phenoxy) is 1. The summed E-state index contributed by atoms with van der Waals surface area (Å²) in [5, 5.41) is 3.20. The minimum Gasteiger partial charge on any atom is -0.394 e. The lowest BCUT2D eigenvalue weighted by molar-refractivity contribution is 0.187. The van der Waals surface area contributed by atoms with Gasteiger partial charge in [-0.05, 0) is 6.42 Å². The van der Waals surface area contributed by atoms with Gasteiger partial charge in [0, 0.05) is 19.1 Å². The highest BCUT2D eigenvalue weighted by Crippen LogP contribution is 2.16. The quantitative estimate of drug-likeness (QED) is 0.733. The van der Waals surface area contributed by atoms with Gasteiger partial charge in [0.25, 0.3) is 0 Å². The molecule has 1 aliphatic heterocycles. The molecule has 1 saturated heterocycles. The summed E-state index contributed by atoms with van der Waals surface area (Å²) in [6.07, 6.45) is 4.20. The summed E-state index contributed by atoms with van der Waals surface area (Å²) < 4.78 is 5.27. The first-order chi connectivity index (χ1) is 6.86. The van der Waals surface area contributed by atoms with E-state index in [1.54, 1.807) is 6.20 Å². The largest absolute Gasteiger partial charge is 0.394 e. The van der Waals surface area contributed by atoms with Crippen LogP contribution in [0.4, 0.5) is 11.5 Å². The first-order valence-electron chi connectivity index (χ1n) is 4.73. The van der Waals surface area contributed by atoms with Crippen LogP contribution >= 0.6 is 0 Å². The van der Waals surface area contributed by atoms with Crippen molar-refractivity contribution in [1.82, 2.24) is 9.97 Å². The van der Waals surface area contributed by atoms with Crippen LogP contribution in [0.3, 0.4) is 0 Å². The Morgan fingerprint density at radius 3 is 3.29 bits per heavy atom. The molecular formula is C9H14N4O. The van der Waals surface area contributed by atoms with Gasteiger partial charge in [0.1, 0.15) is 6.33 Å². The second kappa shape index (κ2) is 4.23. The standard InChI is InChI=1S/C9H14N4O/c10-8-4-11-6-13-9(8)12-3-7-1-2-14-5-7/h4,6-7H,1-3,5,10H2,(H,11,12,13). The van der Waals surface area contributed by atoms with Gasteiger partial charge in [-0.3, -0.25) is 0 Å². The van der Waals surface area contributed by atoms with Gasteiger partial charge >= 0.3 is 0 Å². The van der Waals surface area contributed by atoms with E-state index in [1.807, 2.05) is 0 Å². The second-order valence-electron chi connectivity index (χ2n) is 3.44. The van der Waals surface area contributed by atoms with Crippen molar-refractivity contribution in [2.75, 3.05) is 30.8 Å². The first-order valence-corrected chi connectivity index (χ1v) is 4.73. The van der Waals surface area contributed by atoms with Crippen LogP contribution < -0.4 is 11.1 Å². The van der Waals surface area contributed by atoms with Gasteiger partial charge in [0.05, 0.1) is 18.5 Å². The van der Waals surface area contributed by atoms with E-state index < -0.39 is 0 Å². The van der Waals surface area contributed by atoms with Crippen LogP contribution in [0.2, 0.25) is 0 Å². The van der Waals surface area contributed by atoms with Crippen molar-refractivity contribution in [2.24, 2.45) is 5.92 Å². The first kappa shape index (κ1) is 9.21. The predicted octanol–water partition coefficient (Wildman–Crippen LogP) is 0.507. The number of hydrogen-bond donors (Lipinski definition) is 2. The molecule has 0 saturated carbocycles. The van der Waals surface area contributed by atoms with E-state index in [2.05, 4.69) is 15.3 Å². The molecule has 3 N–H and O–H groups in total. The molecule has 1 aromatic heterocycles. The third-order valence-electron chi connectivity index (χ3n) is 2.32. The van der Waals surface area contributed by atoms with Crippen LogP contribution in [0.15, 0.2) is 12.5 Å². The molecular weight excluding hydrogens is 180 g/mol. The smallest absolute Gasteiger partial charge is 0.152 e. The van der Waals surface area contributed by atoms with Gasteiger partial charge in [-0.15, -0.1) is 0 Å². The molecule has 1 aromatic rings. The predicted molar refractivity (Wildman–Crippen MR) is 53.9 cm³/mol. The van der Waals surface area contributed by atoms with E-state index >= 15 is 0 Å². The lowest BCUT2D eigenvalue weighted by Gasteiger charge is -2.10. The molecule has 14 heavy (non-hydrogen) atoms. The molecule has 0 radical (unpaired) electrons. The van der Waals surface area contributed by atoms with Crippen LogP contribution in [0.5, 0.6) is 0 Å². The fourth-order valence-corrected chi connectivity index (χ4v) is 1.47. The number of rotatable bonds is 3. The maximum atomic E-state index is 5.69. The summed E-state index contributed by atoms with van der Waals surface area (Å²) in [5.74, 6) is 1.29. The van der Waals surface area contributed by atoms with E-state index in [0.29, 0.717) is 17.4 Å². The Morgan fingerprint density at radius 1 is 1.64 bits per heavy atom. The number of anilines is 2. The van der Waals surface area contributed by atoms with Crippen molar-refractivity contribution in [3.8, 4) is 0 Å². The van der Waals surface area contributed by atoms with Crippen molar-refractivity contribution < 1.29 is 4.74 Å². The zero-order chi connectivity index (χ0) is 9.80. The average molecular weight is 194 g/mol. The zero-order valence-corrected chi connectivity index (χ0v) is 7.94. The number of nitrogens with two attached hydrogens (primary N) is 1. The number of nitrogens with one attached hydrogen (secondary N) is 1. The summed E-state index contributed by atoms with van der Waals surface area (Å²) in [6.45, 7) is 2.56. The highest BCUT2D eigenvalue weighted by molar-refractivity contribution is 5.58. The van der Waals surface area contributed by atoms with Crippen LogP contribution in [-0.2, 0) is 4.74 Å². The van der Waals surface area contributed by atoms with Crippen LogP contribution in [0.25, 0.3) is 0 Å². The van der Waals surface area contributed by atoms with Gasteiger partial charge in [-0.2, -0.15) is 0 Å². The van der Waals surface area contributed by atoms with Gasteiger partial charge in [-0.25, -0.2) is 9.97 Å². The molecule has 1 unspecified atom stereocenters. The summed E-state index contributed by atoms with van der Waals surface area (Å²) in [5.41, 5.74) is 6.28. The van der Waals surface area contributed by atoms with Crippen molar-refractivity contribution in [1.29, 1.82) is 0 Å². The topological polar surface area (TPSA) is 73.1 Å². The molecule has 0 aliphatic carbocycles.